The van der Waals surface area contributed by atoms with Crippen molar-refractivity contribution in [3.8, 4) is 11.5 Å². The van der Waals surface area contributed by atoms with Gasteiger partial charge >= 0.3 is 0 Å². The van der Waals surface area contributed by atoms with E-state index in [9.17, 15) is 4.79 Å². The summed E-state index contributed by atoms with van der Waals surface area (Å²) in [6.45, 7) is 5.25. The van der Waals surface area contributed by atoms with E-state index in [1.165, 1.54) is 0 Å². The third kappa shape index (κ3) is 3.76. The topological polar surface area (TPSA) is 72.5 Å². The molecule has 126 valence electrons. The SMILES string of the molecule is CCC(C)Nc1ccnc(C(=O)Nc2ccc3c(c2)OCCO3)c1. The van der Waals surface area contributed by atoms with Gasteiger partial charge < -0.3 is 20.1 Å². The van der Waals surface area contributed by atoms with Crippen molar-refractivity contribution >= 4 is 17.3 Å². The highest BCUT2D eigenvalue weighted by Crippen LogP contribution is 2.32. The van der Waals surface area contributed by atoms with Crippen molar-refractivity contribution in [1.29, 1.82) is 0 Å². The maximum atomic E-state index is 12.4. The maximum absolute atomic E-state index is 12.4. The van der Waals surface area contributed by atoms with Gasteiger partial charge in [0.25, 0.3) is 5.91 Å². The van der Waals surface area contributed by atoms with Crippen LogP contribution in [0.4, 0.5) is 11.4 Å². The van der Waals surface area contributed by atoms with Crippen molar-refractivity contribution < 1.29 is 14.3 Å². The highest BCUT2D eigenvalue weighted by molar-refractivity contribution is 6.03. The second kappa shape index (κ2) is 7.21. The van der Waals surface area contributed by atoms with Crippen LogP contribution < -0.4 is 20.1 Å². The Morgan fingerprint density at radius 3 is 2.75 bits per heavy atom. The molecule has 0 aliphatic carbocycles. The lowest BCUT2D eigenvalue weighted by Crippen LogP contribution is -2.18. The molecular formula is C18H21N3O3. The Morgan fingerprint density at radius 2 is 1.96 bits per heavy atom. The minimum atomic E-state index is -0.264. The van der Waals surface area contributed by atoms with Crippen molar-refractivity contribution in [2.24, 2.45) is 0 Å². The molecule has 0 radical (unpaired) electrons. The molecule has 0 saturated heterocycles. The highest BCUT2D eigenvalue weighted by atomic mass is 16.6. The highest BCUT2D eigenvalue weighted by Gasteiger charge is 2.14. The normalized spacial score (nSPS) is 13.9. The summed E-state index contributed by atoms with van der Waals surface area (Å²) >= 11 is 0. The summed E-state index contributed by atoms with van der Waals surface area (Å²) in [6, 6.07) is 9.27. The van der Waals surface area contributed by atoms with Crippen molar-refractivity contribution in [3.05, 3.63) is 42.2 Å². The second-order valence-electron chi connectivity index (χ2n) is 5.70. The third-order valence-electron chi connectivity index (χ3n) is 3.82. The lowest BCUT2D eigenvalue weighted by Gasteiger charge is -2.19. The zero-order valence-electron chi connectivity index (χ0n) is 13.8. The summed E-state index contributed by atoms with van der Waals surface area (Å²) < 4.78 is 11.0. The number of amides is 1. The molecule has 1 aliphatic heterocycles. The van der Waals surface area contributed by atoms with E-state index in [0.717, 1.165) is 12.1 Å². The maximum Gasteiger partial charge on any atom is 0.274 e. The molecule has 2 heterocycles. The van der Waals surface area contributed by atoms with Gasteiger partial charge in [-0.3, -0.25) is 9.78 Å². The molecule has 1 aliphatic rings. The van der Waals surface area contributed by atoms with Gasteiger partial charge in [-0.2, -0.15) is 0 Å². The second-order valence-corrected chi connectivity index (χ2v) is 5.70. The van der Waals surface area contributed by atoms with Gasteiger partial charge in [0.15, 0.2) is 11.5 Å². The number of carbonyl (C=O) groups excluding carboxylic acids is 1. The minimum Gasteiger partial charge on any atom is -0.486 e. The molecular weight excluding hydrogens is 306 g/mol. The lowest BCUT2D eigenvalue weighted by atomic mass is 10.2. The molecule has 0 saturated carbocycles. The van der Waals surface area contributed by atoms with Crippen LogP contribution in [-0.4, -0.2) is 30.1 Å². The van der Waals surface area contributed by atoms with Crippen molar-refractivity contribution in [2.45, 2.75) is 26.3 Å². The molecule has 24 heavy (non-hydrogen) atoms. The van der Waals surface area contributed by atoms with Gasteiger partial charge in [-0.1, -0.05) is 6.92 Å². The van der Waals surface area contributed by atoms with Crippen molar-refractivity contribution in [2.75, 3.05) is 23.8 Å². The Balaban J connectivity index is 1.72. The number of carbonyl (C=O) groups is 1. The number of ether oxygens (including phenoxy) is 2. The molecule has 2 N–H and O–H groups in total. The minimum absolute atomic E-state index is 0.264. The monoisotopic (exact) mass is 327 g/mol. The molecule has 6 nitrogen and oxygen atoms in total. The zero-order chi connectivity index (χ0) is 16.9. The summed E-state index contributed by atoms with van der Waals surface area (Å²) in [7, 11) is 0. The number of anilines is 2. The Bertz CT molecular complexity index is 733. The van der Waals surface area contributed by atoms with Crippen molar-refractivity contribution in [3.63, 3.8) is 0 Å². The standard InChI is InChI=1S/C18H21N3O3/c1-3-12(2)20-14-6-7-19-15(10-14)18(22)21-13-4-5-16-17(11-13)24-9-8-23-16/h4-7,10-12H,3,8-9H2,1-2H3,(H,19,20)(H,21,22). The molecule has 2 aromatic rings. The summed E-state index contributed by atoms with van der Waals surface area (Å²) in [5.74, 6) is 1.07. The molecule has 6 heteroatoms. The van der Waals surface area contributed by atoms with Crippen LogP contribution in [0.1, 0.15) is 30.8 Å². The Hall–Kier alpha value is -2.76. The number of rotatable bonds is 5. The van der Waals surface area contributed by atoms with Gasteiger partial charge in [-0.25, -0.2) is 0 Å². The molecule has 1 aromatic carbocycles. The number of hydrogen-bond donors (Lipinski definition) is 2. The fourth-order valence-corrected chi connectivity index (χ4v) is 2.35. The van der Waals surface area contributed by atoms with E-state index >= 15 is 0 Å². The van der Waals surface area contributed by atoms with Crippen LogP contribution in [-0.2, 0) is 0 Å². The number of nitrogens with zero attached hydrogens (tertiary/aromatic N) is 1. The van der Waals surface area contributed by atoms with Crippen LogP contribution in [0.5, 0.6) is 11.5 Å². The van der Waals surface area contributed by atoms with Crippen LogP contribution in [0.2, 0.25) is 0 Å². The molecule has 3 rings (SSSR count). The predicted octanol–water partition coefficient (Wildman–Crippen LogP) is 3.32. The average molecular weight is 327 g/mol. The molecule has 0 bridgehead atoms. The summed E-state index contributed by atoms with van der Waals surface area (Å²) in [6.07, 6.45) is 2.63. The average Bonchev–Trinajstić information content (AvgIpc) is 2.61. The van der Waals surface area contributed by atoms with E-state index in [-0.39, 0.29) is 5.91 Å². The molecule has 1 aromatic heterocycles. The number of hydrogen-bond acceptors (Lipinski definition) is 5. The molecule has 0 spiro atoms. The van der Waals surface area contributed by atoms with E-state index in [0.29, 0.717) is 42.1 Å². The number of pyridine rings is 1. The first-order valence-electron chi connectivity index (χ1n) is 8.09. The van der Waals surface area contributed by atoms with Gasteiger partial charge in [0.05, 0.1) is 0 Å². The quantitative estimate of drug-likeness (QED) is 0.881. The van der Waals surface area contributed by atoms with Gasteiger partial charge in [-0.05, 0) is 37.6 Å². The third-order valence-corrected chi connectivity index (χ3v) is 3.82. The number of benzene rings is 1. The van der Waals surface area contributed by atoms with E-state index in [1.807, 2.05) is 6.07 Å². The predicted molar refractivity (Wildman–Crippen MR) is 93.0 cm³/mol. The Morgan fingerprint density at radius 1 is 1.17 bits per heavy atom. The van der Waals surface area contributed by atoms with Crippen LogP contribution in [0.25, 0.3) is 0 Å². The smallest absolute Gasteiger partial charge is 0.274 e. The van der Waals surface area contributed by atoms with Gasteiger partial charge in [0.2, 0.25) is 0 Å². The molecule has 0 fully saturated rings. The van der Waals surface area contributed by atoms with E-state index in [2.05, 4.69) is 29.5 Å². The van der Waals surface area contributed by atoms with Crippen LogP contribution in [0, 0.1) is 0 Å². The van der Waals surface area contributed by atoms with Crippen LogP contribution in [0.3, 0.4) is 0 Å². The van der Waals surface area contributed by atoms with Gasteiger partial charge in [-0.15, -0.1) is 0 Å². The van der Waals surface area contributed by atoms with Crippen LogP contribution >= 0.6 is 0 Å². The fourth-order valence-electron chi connectivity index (χ4n) is 2.35. The largest absolute Gasteiger partial charge is 0.486 e. The first-order valence-corrected chi connectivity index (χ1v) is 8.09. The molecule has 1 unspecified atom stereocenters. The first-order chi connectivity index (χ1) is 11.7. The number of nitrogens with one attached hydrogen (secondary N) is 2. The molecule has 1 amide bonds. The summed E-state index contributed by atoms with van der Waals surface area (Å²) in [5, 5.41) is 6.17. The van der Waals surface area contributed by atoms with Gasteiger partial charge in [0.1, 0.15) is 18.9 Å². The lowest BCUT2D eigenvalue weighted by molar-refractivity contribution is 0.102. The Labute approximate surface area is 141 Å². The number of fused-ring (bicyclic) bond motifs is 1. The Kier molecular flexibility index (Phi) is 4.84. The van der Waals surface area contributed by atoms with E-state index < -0.39 is 0 Å². The first kappa shape index (κ1) is 16.1. The van der Waals surface area contributed by atoms with E-state index in [1.54, 1.807) is 30.5 Å². The van der Waals surface area contributed by atoms with Crippen molar-refractivity contribution in [1.82, 2.24) is 4.98 Å². The van der Waals surface area contributed by atoms with E-state index in [4.69, 9.17) is 9.47 Å². The fraction of sp³-hybridized carbons (Fsp3) is 0.333. The molecule has 1 atom stereocenters. The number of aromatic nitrogens is 1. The summed E-state index contributed by atoms with van der Waals surface area (Å²) in [5.41, 5.74) is 1.89. The van der Waals surface area contributed by atoms with Crippen LogP contribution in [0.15, 0.2) is 36.5 Å². The zero-order valence-corrected chi connectivity index (χ0v) is 13.8. The summed E-state index contributed by atoms with van der Waals surface area (Å²) in [4.78, 5) is 16.6. The van der Waals surface area contributed by atoms with Gasteiger partial charge in [0, 0.05) is 29.7 Å².